The highest BCUT2D eigenvalue weighted by molar-refractivity contribution is 4.74. The zero-order chi connectivity index (χ0) is 12.7. The van der Waals surface area contributed by atoms with Gasteiger partial charge in [0.1, 0.15) is 0 Å². The summed E-state index contributed by atoms with van der Waals surface area (Å²) < 4.78 is 11.0. The molecule has 1 unspecified atom stereocenters. The number of hydrogen-bond donors (Lipinski definition) is 1. The maximum Gasteiger partial charge on any atom is 0.0900 e. The van der Waals surface area contributed by atoms with Crippen LogP contribution in [0.5, 0.6) is 0 Å². The third kappa shape index (κ3) is 6.36. The average molecular weight is 245 g/mol. The van der Waals surface area contributed by atoms with Crippen molar-refractivity contribution < 1.29 is 14.6 Å². The number of aliphatic hydroxyl groups excluding tert-OH is 1. The molecule has 0 bridgehead atoms. The van der Waals surface area contributed by atoms with Crippen LogP contribution in [0.3, 0.4) is 0 Å². The first kappa shape index (κ1) is 14.9. The molecule has 1 atom stereocenters. The van der Waals surface area contributed by atoms with Gasteiger partial charge in [-0.2, -0.15) is 0 Å². The summed E-state index contributed by atoms with van der Waals surface area (Å²) in [7, 11) is 0. The largest absolute Gasteiger partial charge is 0.389 e. The van der Waals surface area contributed by atoms with E-state index in [0.29, 0.717) is 19.3 Å². The van der Waals surface area contributed by atoms with Gasteiger partial charge in [0.05, 0.1) is 24.9 Å². The standard InChI is InChI=1S/C13H27NO3/c1-4-16-13-5-7-14(8-6-13)9-12(15)10-17-11(2)3/h11-13,15H,4-10H2,1-3H3. The number of piperidine rings is 1. The van der Waals surface area contributed by atoms with Crippen molar-refractivity contribution in [3.05, 3.63) is 0 Å². The molecule has 0 radical (unpaired) electrons. The maximum absolute atomic E-state index is 9.82. The molecule has 1 rings (SSSR count). The molecular formula is C13H27NO3. The van der Waals surface area contributed by atoms with Crippen LogP contribution in [0.15, 0.2) is 0 Å². The van der Waals surface area contributed by atoms with Gasteiger partial charge >= 0.3 is 0 Å². The molecule has 1 aliphatic heterocycles. The van der Waals surface area contributed by atoms with Gasteiger partial charge in [-0.1, -0.05) is 0 Å². The fraction of sp³-hybridized carbons (Fsp3) is 1.00. The van der Waals surface area contributed by atoms with E-state index in [1.54, 1.807) is 0 Å². The molecule has 1 N–H and O–H groups in total. The van der Waals surface area contributed by atoms with E-state index in [4.69, 9.17) is 9.47 Å². The molecule has 0 aromatic heterocycles. The number of likely N-dealkylation sites (tertiary alicyclic amines) is 1. The van der Waals surface area contributed by atoms with Gasteiger partial charge in [0, 0.05) is 26.2 Å². The smallest absolute Gasteiger partial charge is 0.0900 e. The number of hydrogen-bond acceptors (Lipinski definition) is 4. The number of ether oxygens (including phenoxy) is 2. The Bertz CT molecular complexity index is 191. The van der Waals surface area contributed by atoms with Gasteiger partial charge in [-0.15, -0.1) is 0 Å². The lowest BCUT2D eigenvalue weighted by atomic mass is 10.1. The highest BCUT2D eigenvalue weighted by Crippen LogP contribution is 2.13. The van der Waals surface area contributed by atoms with Gasteiger partial charge in [0.2, 0.25) is 0 Å². The highest BCUT2D eigenvalue weighted by atomic mass is 16.5. The van der Waals surface area contributed by atoms with Crippen LogP contribution >= 0.6 is 0 Å². The lowest BCUT2D eigenvalue weighted by Crippen LogP contribution is -2.42. The molecule has 4 heteroatoms. The quantitative estimate of drug-likeness (QED) is 0.733. The molecular weight excluding hydrogens is 218 g/mol. The van der Waals surface area contributed by atoms with Crippen molar-refractivity contribution in [2.24, 2.45) is 0 Å². The molecule has 1 heterocycles. The fourth-order valence-electron chi connectivity index (χ4n) is 2.15. The summed E-state index contributed by atoms with van der Waals surface area (Å²) in [6.07, 6.45) is 2.38. The van der Waals surface area contributed by atoms with Gasteiger partial charge in [0.15, 0.2) is 0 Å². The SMILES string of the molecule is CCOC1CCN(CC(O)COC(C)C)CC1. The van der Waals surface area contributed by atoms with Gasteiger partial charge in [-0.05, 0) is 33.6 Å². The van der Waals surface area contributed by atoms with Crippen molar-refractivity contribution >= 4 is 0 Å². The van der Waals surface area contributed by atoms with Gasteiger partial charge in [-0.3, -0.25) is 0 Å². The average Bonchev–Trinajstić information content (AvgIpc) is 2.29. The minimum absolute atomic E-state index is 0.188. The molecule has 1 fully saturated rings. The van der Waals surface area contributed by atoms with Crippen molar-refractivity contribution in [2.45, 2.75) is 51.9 Å². The van der Waals surface area contributed by atoms with Crippen LogP contribution in [0.25, 0.3) is 0 Å². The van der Waals surface area contributed by atoms with Crippen LogP contribution < -0.4 is 0 Å². The second-order valence-corrected chi connectivity index (χ2v) is 4.99. The molecule has 0 amide bonds. The summed E-state index contributed by atoms with van der Waals surface area (Å²) in [5.41, 5.74) is 0. The first-order valence-corrected chi connectivity index (χ1v) is 6.75. The van der Waals surface area contributed by atoms with Crippen molar-refractivity contribution in [2.75, 3.05) is 32.8 Å². The van der Waals surface area contributed by atoms with E-state index >= 15 is 0 Å². The Morgan fingerprint density at radius 3 is 2.47 bits per heavy atom. The van der Waals surface area contributed by atoms with Crippen molar-refractivity contribution in [1.82, 2.24) is 4.90 Å². The Morgan fingerprint density at radius 1 is 1.29 bits per heavy atom. The van der Waals surface area contributed by atoms with Gasteiger partial charge in [-0.25, -0.2) is 0 Å². The second kappa shape index (κ2) is 8.03. The lowest BCUT2D eigenvalue weighted by molar-refractivity contribution is -0.0261. The summed E-state index contributed by atoms with van der Waals surface area (Å²) in [6.45, 7) is 10.00. The summed E-state index contributed by atoms with van der Waals surface area (Å²) in [5.74, 6) is 0. The Morgan fingerprint density at radius 2 is 1.94 bits per heavy atom. The number of rotatable bonds is 7. The van der Waals surface area contributed by atoms with Crippen LogP contribution in [0.2, 0.25) is 0 Å². The summed E-state index contributed by atoms with van der Waals surface area (Å²) >= 11 is 0. The van der Waals surface area contributed by atoms with Crippen molar-refractivity contribution in [3.8, 4) is 0 Å². The molecule has 1 aliphatic rings. The van der Waals surface area contributed by atoms with E-state index in [0.717, 1.165) is 32.5 Å². The second-order valence-electron chi connectivity index (χ2n) is 4.99. The van der Waals surface area contributed by atoms with Crippen LogP contribution in [-0.2, 0) is 9.47 Å². The van der Waals surface area contributed by atoms with Crippen LogP contribution in [0.1, 0.15) is 33.6 Å². The van der Waals surface area contributed by atoms with E-state index in [2.05, 4.69) is 4.90 Å². The normalized spacial score (nSPS) is 21.0. The zero-order valence-electron chi connectivity index (χ0n) is 11.4. The Balaban J connectivity index is 2.12. The summed E-state index contributed by atoms with van der Waals surface area (Å²) in [5, 5.41) is 9.82. The summed E-state index contributed by atoms with van der Waals surface area (Å²) in [4.78, 5) is 2.30. The minimum atomic E-state index is -0.374. The van der Waals surface area contributed by atoms with E-state index in [1.165, 1.54) is 0 Å². The molecule has 0 aromatic carbocycles. The predicted octanol–water partition coefficient (Wildman–Crippen LogP) is 1.27. The Hall–Kier alpha value is -0.160. The van der Waals surface area contributed by atoms with E-state index in [-0.39, 0.29) is 12.2 Å². The van der Waals surface area contributed by atoms with Crippen LogP contribution in [-0.4, -0.2) is 61.2 Å². The minimum Gasteiger partial charge on any atom is -0.389 e. The molecule has 0 aromatic rings. The molecule has 4 nitrogen and oxygen atoms in total. The van der Waals surface area contributed by atoms with Gasteiger partial charge in [0.25, 0.3) is 0 Å². The lowest BCUT2D eigenvalue weighted by Gasteiger charge is -2.32. The predicted molar refractivity (Wildman–Crippen MR) is 68.2 cm³/mol. The number of aliphatic hydroxyl groups is 1. The first-order chi connectivity index (χ1) is 8.11. The Kier molecular flexibility index (Phi) is 7.04. The van der Waals surface area contributed by atoms with E-state index in [9.17, 15) is 5.11 Å². The molecule has 0 saturated carbocycles. The van der Waals surface area contributed by atoms with Crippen molar-refractivity contribution in [1.29, 1.82) is 0 Å². The zero-order valence-corrected chi connectivity index (χ0v) is 11.4. The number of nitrogens with zero attached hydrogens (tertiary/aromatic N) is 1. The van der Waals surface area contributed by atoms with Crippen LogP contribution in [0.4, 0.5) is 0 Å². The molecule has 0 spiro atoms. The number of β-amino-alcohol motifs (C(OH)–C–C–N with tert-alkyl or cyclic N) is 1. The van der Waals surface area contributed by atoms with Gasteiger partial charge < -0.3 is 19.5 Å². The third-order valence-electron chi connectivity index (χ3n) is 3.03. The third-order valence-corrected chi connectivity index (χ3v) is 3.03. The summed E-state index contributed by atoms with van der Waals surface area (Å²) in [6, 6.07) is 0. The highest BCUT2D eigenvalue weighted by Gasteiger charge is 2.21. The topological polar surface area (TPSA) is 41.9 Å². The Labute approximate surface area is 105 Å². The first-order valence-electron chi connectivity index (χ1n) is 6.75. The molecule has 102 valence electrons. The molecule has 17 heavy (non-hydrogen) atoms. The van der Waals surface area contributed by atoms with Crippen molar-refractivity contribution in [3.63, 3.8) is 0 Å². The molecule has 1 saturated heterocycles. The van der Waals surface area contributed by atoms with E-state index in [1.807, 2.05) is 20.8 Å². The maximum atomic E-state index is 9.82. The molecule has 0 aliphatic carbocycles. The van der Waals surface area contributed by atoms with Crippen LogP contribution in [0, 0.1) is 0 Å². The van der Waals surface area contributed by atoms with E-state index < -0.39 is 0 Å². The monoisotopic (exact) mass is 245 g/mol. The fourth-order valence-corrected chi connectivity index (χ4v) is 2.15.